The second-order valence-corrected chi connectivity index (χ2v) is 7.35. The van der Waals surface area contributed by atoms with Gasteiger partial charge in [0.05, 0.1) is 11.7 Å². The van der Waals surface area contributed by atoms with E-state index in [9.17, 15) is 0 Å². The molecule has 5 rings (SSSR count). The van der Waals surface area contributed by atoms with Gasteiger partial charge in [-0.2, -0.15) is 5.10 Å². The molecule has 0 spiro atoms. The van der Waals surface area contributed by atoms with E-state index in [1.807, 2.05) is 0 Å². The predicted octanol–water partition coefficient (Wildman–Crippen LogP) is 2.62. The Labute approximate surface area is 115 Å². The zero-order valence-electron chi connectivity index (χ0n) is 11.9. The molecular formula is C16H25N3. The van der Waals surface area contributed by atoms with Crippen LogP contribution in [0.15, 0.2) is 6.20 Å². The average molecular weight is 259 g/mol. The maximum absolute atomic E-state index is 5.71. The average Bonchev–Trinajstić information content (AvgIpc) is 2.70. The minimum Gasteiger partial charge on any atom is -0.330 e. The molecule has 0 aromatic carbocycles. The van der Waals surface area contributed by atoms with Crippen molar-refractivity contribution in [3.63, 3.8) is 0 Å². The normalized spacial score (nSPS) is 40.0. The minimum absolute atomic E-state index is 0.367. The Morgan fingerprint density at radius 1 is 1.21 bits per heavy atom. The maximum atomic E-state index is 5.71. The van der Waals surface area contributed by atoms with Crippen molar-refractivity contribution in [3.05, 3.63) is 17.5 Å². The maximum Gasteiger partial charge on any atom is 0.0638 e. The Morgan fingerprint density at radius 3 is 2.32 bits per heavy atom. The van der Waals surface area contributed by atoms with Gasteiger partial charge in [0.1, 0.15) is 0 Å². The second-order valence-electron chi connectivity index (χ2n) is 7.35. The van der Waals surface area contributed by atoms with Crippen molar-refractivity contribution >= 4 is 0 Å². The Bertz CT molecular complexity index is 453. The van der Waals surface area contributed by atoms with Crippen molar-refractivity contribution < 1.29 is 0 Å². The highest BCUT2D eigenvalue weighted by atomic mass is 15.3. The molecule has 19 heavy (non-hydrogen) atoms. The molecular weight excluding hydrogens is 234 g/mol. The van der Waals surface area contributed by atoms with Crippen LogP contribution in [-0.4, -0.2) is 16.3 Å². The van der Waals surface area contributed by atoms with E-state index in [1.54, 1.807) is 0 Å². The van der Waals surface area contributed by atoms with E-state index in [-0.39, 0.29) is 0 Å². The molecule has 1 aromatic rings. The fourth-order valence-electron chi connectivity index (χ4n) is 5.65. The number of hydrogen-bond acceptors (Lipinski definition) is 2. The molecule has 2 N–H and O–H groups in total. The molecule has 4 aliphatic rings. The van der Waals surface area contributed by atoms with Gasteiger partial charge in [0.2, 0.25) is 0 Å². The van der Waals surface area contributed by atoms with Crippen LogP contribution >= 0.6 is 0 Å². The van der Waals surface area contributed by atoms with Gasteiger partial charge in [0.15, 0.2) is 0 Å². The first kappa shape index (κ1) is 12.0. The van der Waals surface area contributed by atoms with Crippen LogP contribution in [0, 0.1) is 24.7 Å². The molecule has 3 nitrogen and oxygen atoms in total. The van der Waals surface area contributed by atoms with Gasteiger partial charge in [-0.15, -0.1) is 0 Å². The van der Waals surface area contributed by atoms with Crippen LogP contribution in [0.25, 0.3) is 0 Å². The molecule has 4 aliphatic carbocycles. The van der Waals surface area contributed by atoms with Gasteiger partial charge < -0.3 is 5.73 Å². The number of nitrogens with zero attached hydrogens (tertiary/aromatic N) is 2. The number of hydrogen-bond donors (Lipinski definition) is 1. The molecule has 4 fully saturated rings. The molecule has 4 saturated carbocycles. The molecule has 104 valence electrons. The highest BCUT2D eigenvalue weighted by Gasteiger charge is 2.52. The van der Waals surface area contributed by atoms with E-state index in [0.29, 0.717) is 5.54 Å². The molecule has 3 heteroatoms. The third-order valence-corrected chi connectivity index (χ3v) is 5.98. The Kier molecular flexibility index (Phi) is 2.57. The smallest absolute Gasteiger partial charge is 0.0638 e. The summed E-state index contributed by atoms with van der Waals surface area (Å²) >= 11 is 0. The lowest BCUT2D eigenvalue weighted by Crippen LogP contribution is -2.52. The van der Waals surface area contributed by atoms with Crippen molar-refractivity contribution in [2.24, 2.45) is 23.5 Å². The van der Waals surface area contributed by atoms with E-state index in [1.165, 1.54) is 49.8 Å². The first-order valence-electron chi connectivity index (χ1n) is 7.94. The van der Waals surface area contributed by atoms with Crippen molar-refractivity contribution in [3.8, 4) is 0 Å². The summed E-state index contributed by atoms with van der Waals surface area (Å²) < 4.78 is 2.41. The molecule has 1 aromatic heterocycles. The predicted molar refractivity (Wildman–Crippen MR) is 75.9 cm³/mol. The first-order valence-corrected chi connectivity index (χ1v) is 7.94. The summed E-state index contributed by atoms with van der Waals surface area (Å²) in [7, 11) is 0. The zero-order chi connectivity index (χ0) is 13.0. The third kappa shape index (κ3) is 1.70. The molecule has 4 bridgehead atoms. The van der Waals surface area contributed by atoms with Gasteiger partial charge >= 0.3 is 0 Å². The lowest BCUT2D eigenvalue weighted by Gasteiger charge is -2.57. The van der Waals surface area contributed by atoms with Crippen LogP contribution in [-0.2, 0) is 12.0 Å². The fourth-order valence-corrected chi connectivity index (χ4v) is 5.65. The molecule has 0 unspecified atom stereocenters. The highest BCUT2D eigenvalue weighted by Crippen LogP contribution is 2.58. The quantitative estimate of drug-likeness (QED) is 0.907. The summed E-state index contributed by atoms with van der Waals surface area (Å²) in [5.41, 5.74) is 8.82. The SMILES string of the molecule is Cc1c(CCN)cnn1C12CC3CC(CC(C3)C1)C2. The second kappa shape index (κ2) is 4.08. The van der Waals surface area contributed by atoms with E-state index >= 15 is 0 Å². The van der Waals surface area contributed by atoms with Crippen LogP contribution in [0.4, 0.5) is 0 Å². The minimum atomic E-state index is 0.367. The monoisotopic (exact) mass is 259 g/mol. The molecule has 0 amide bonds. The molecule has 0 atom stereocenters. The fraction of sp³-hybridized carbons (Fsp3) is 0.812. The van der Waals surface area contributed by atoms with Gasteiger partial charge in [0, 0.05) is 5.69 Å². The van der Waals surface area contributed by atoms with Gasteiger partial charge in [-0.05, 0) is 81.7 Å². The van der Waals surface area contributed by atoms with E-state index in [4.69, 9.17) is 10.8 Å². The standard InChI is InChI=1S/C16H25N3/c1-11-15(2-3-17)10-18-19(11)16-7-12-4-13(8-16)6-14(5-12)9-16/h10,12-14H,2-9,17H2,1H3. The van der Waals surface area contributed by atoms with E-state index < -0.39 is 0 Å². The van der Waals surface area contributed by atoms with Crippen LogP contribution < -0.4 is 5.73 Å². The Morgan fingerprint density at radius 2 is 1.79 bits per heavy atom. The van der Waals surface area contributed by atoms with Crippen molar-refractivity contribution in [1.29, 1.82) is 0 Å². The lowest BCUT2D eigenvalue weighted by atomic mass is 9.53. The lowest BCUT2D eigenvalue weighted by molar-refractivity contribution is -0.0504. The summed E-state index contributed by atoms with van der Waals surface area (Å²) in [5, 5.41) is 4.79. The largest absolute Gasteiger partial charge is 0.330 e. The van der Waals surface area contributed by atoms with Crippen LogP contribution in [0.2, 0.25) is 0 Å². The summed E-state index contributed by atoms with van der Waals surface area (Å²) in [6.07, 6.45) is 11.7. The summed E-state index contributed by atoms with van der Waals surface area (Å²) in [4.78, 5) is 0. The number of aromatic nitrogens is 2. The molecule has 0 aliphatic heterocycles. The van der Waals surface area contributed by atoms with E-state index in [0.717, 1.165) is 30.7 Å². The van der Waals surface area contributed by atoms with Gasteiger partial charge in [-0.3, -0.25) is 4.68 Å². The van der Waals surface area contributed by atoms with Crippen LogP contribution in [0.3, 0.4) is 0 Å². The molecule has 0 saturated heterocycles. The van der Waals surface area contributed by atoms with E-state index in [2.05, 4.69) is 17.8 Å². The van der Waals surface area contributed by atoms with Crippen LogP contribution in [0.1, 0.15) is 49.8 Å². The van der Waals surface area contributed by atoms with Gasteiger partial charge in [-0.1, -0.05) is 0 Å². The highest BCUT2D eigenvalue weighted by molar-refractivity contribution is 5.20. The zero-order valence-corrected chi connectivity index (χ0v) is 11.9. The van der Waals surface area contributed by atoms with Gasteiger partial charge in [-0.25, -0.2) is 0 Å². The van der Waals surface area contributed by atoms with Crippen molar-refractivity contribution in [2.75, 3.05) is 6.54 Å². The molecule has 1 heterocycles. The van der Waals surface area contributed by atoms with Crippen LogP contribution in [0.5, 0.6) is 0 Å². The van der Waals surface area contributed by atoms with Crippen molar-refractivity contribution in [2.45, 2.75) is 57.4 Å². The molecule has 0 radical (unpaired) electrons. The Balaban J connectivity index is 1.71. The van der Waals surface area contributed by atoms with Gasteiger partial charge in [0.25, 0.3) is 0 Å². The van der Waals surface area contributed by atoms with Crippen molar-refractivity contribution in [1.82, 2.24) is 9.78 Å². The first-order chi connectivity index (χ1) is 9.20. The summed E-state index contributed by atoms with van der Waals surface area (Å²) in [6.45, 7) is 2.98. The summed E-state index contributed by atoms with van der Waals surface area (Å²) in [5.74, 6) is 2.94. The number of nitrogens with two attached hydrogens (primary N) is 1. The third-order valence-electron chi connectivity index (χ3n) is 5.98. The number of rotatable bonds is 3. The summed E-state index contributed by atoms with van der Waals surface area (Å²) in [6, 6.07) is 0. The topological polar surface area (TPSA) is 43.8 Å². The Hall–Kier alpha value is -0.830.